The zero-order valence-corrected chi connectivity index (χ0v) is 13.5. The molecule has 6 heteroatoms. The van der Waals surface area contributed by atoms with Crippen LogP contribution in [0.5, 0.6) is 0 Å². The highest BCUT2D eigenvalue weighted by Gasteiger charge is 2.33. The van der Waals surface area contributed by atoms with Crippen molar-refractivity contribution in [3.05, 3.63) is 77.5 Å². The van der Waals surface area contributed by atoms with E-state index in [-0.39, 0.29) is 0 Å². The molecule has 0 aliphatic carbocycles. The van der Waals surface area contributed by atoms with Crippen LogP contribution in [-0.4, -0.2) is 61.7 Å². The maximum atomic E-state index is 10.6. The topological polar surface area (TPSA) is 121 Å². The molecule has 0 amide bonds. The van der Waals surface area contributed by atoms with Gasteiger partial charge in [-0.1, -0.05) is 60.7 Å². The zero-order valence-electron chi connectivity index (χ0n) is 13.5. The number of aliphatic hydroxyl groups excluding tert-OH is 6. The quantitative estimate of drug-likeness (QED) is 0.405. The third kappa shape index (κ3) is 4.45. The SMILES string of the molecule is OC[C@@H](O)[C@@H](O)[C@H](O)[C@@H](O)C(O)=C(c1ccccc1)c1ccccc1. The van der Waals surface area contributed by atoms with Crippen LogP contribution in [0.25, 0.3) is 5.57 Å². The van der Waals surface area contributed by atoms with Crippen LogP contribution < -0.4 is 0 Å². The molecule has 0 saturated heterocycles. The molecule has 0 unspecified atom stereocenters. The highest BCUT2D eigenvalue weighted by Crippen LogP contribution is 2.28. The summed E-state index contributed by atoms with van der Waals surface area (Å²) < 4.78 is 0. The van der Waals surface area contributed by atoms with Gasteiger partial charge in [-0.25, -0.2) is 0 Å². The summed E-state index contributed by atoms with van der Waals surface area (Å²) in [4.78, 5) is 0. The van der Waals surface area contributed by atoms with Gasteiger partial charge >= 0.3 is 0 Å². The summed E-state index contributed by atoms with van der Waals surface area (Å²) in [6.45, 7) is -0.792. The Morgan fingerprint density at radius 3 is 1.56 bits per heavy atom. The lowest BCUT2D eigenvalue weighted by atomic mass is 9.92. The lowest BCUT2D eigenvalue weighted by Gasteiger charge is -2.26. The molecule has 0 heterocycles. The van der Waals surface area contributed by atoms with Crippen LogP contribution in [0.2, 0.25) is 0 Å². The second kappa shape index (κ2) is 8.75. The van der Waals surface area contributed by atoms with E-state index in [0.717, 1.165) is 0 Å². The highest BCUT2D eigenvalue weighted by atomic mass is 16.4. The van der Waals surface area contributed by atoms with Crippen molar-refractivity contribution in [1.82, 2.24) is 0 Å². The lowest BCUT2D eigenvalue weighted by molar-refractivity contribution is -0.112. The first-order valence-electron chi connectivity index (χ1n) is 7.84. The first kappa shape index (κ1) is 19.1. The standard InChI is InChI=1S/C19H22O6/c20-11-14(21)16(22)18(24)19(25)17(23)15(12-7-3-1-4-8-12)13-9-5-2-6-10-13/h1-10,14,16,18-25H,11H2/t14-,16-,18+,19+/m1/s1. The van der Waals surface area contributed by atoms with Crippen LogP contribution in [0.15, 0.2) is 66.4 Å². The molecule has 0 fully saturated rings. The Labute approximate surface area is 145 Å². The summed E-state index contributed by atoms with van der Waals surface area (Å²) in [6, 6.07) is 17.6. The number of hydrogen-bond donors (Lipinski definition) is 6. The number of aliphatic hydroxyl groups is 6. The maximum absolute atomic E-state index is 10.6. The van der Waals surface area contributed by atoms with Gasteiger partial charge in [-0.2, -0.15) is 0 Å². The molecule has 25 heavy (non-hydrogen) atoms. The minimum Gasteiger partial charge on any atom is -0.509 e. The fourth-order valence-electron chi connectivity index (χ4n) is 2.50. The second-order valence-corrected chi connectivity index (χ2v) is 5.67. The van der Waals surface area contributed by atoms with Crippen LogP contribution in [0.3, 0.4) is 0 Å². The van der Waals surface area contributed by atoms with Gasteiger partial charge in [0.05, 0.1) is 6.61 Å². The molecule has 2 aromatic rings. The molecule has 0 aliphatic heterocycles. The molecular formula is C19H22O6. The van der Waals surface area contributed by atoms with Crippen LogP contribution in [0, 0.1) is 0 Å². The van der Waals surface area contributed by atoms with E-state index >= 15 is 0 Å². The molecule has 6 N–H and O–H groups in total. The van der Waals surface area contributed by atoms with Crippen molar-refractivity contribution >= 4 is 5.57 Å². The first-order valence-corrected chi connectivity index (χ1v) is 7.84. The van der Waals surface area contributed by atoms with Crippen molar-refractivity contribution in [3.8, 4) is 0 Å². The Hall–Kier alpha value is -2.22. The van der Waals surface area contributed by atoms with E-state index in [1.165, 1.54) is 0 Å². The van der Waals surface area contributed by atoms with Gasteiger partial charge in [0.15, 0.2) is 0 Å². The number of benzene rings is 2. The van der Waals surface area contributed by atoms with Crippen molar-refractivity contribution in [2.24, 2.45) is 0 Å². The summed E-state index contributed by atoms with van der Waals surface area (Å²) in [5.74, 6) is -0.547. The fourth-order valence-corrected chi connectivity index (χ4v) is 2.50. The predicted octanol–water partition coefficient (Wildman–Crippen LogP) is 0.440. The molecule has 2 aromatic carbocycles. The normalized spacial score (nSPS) is 15.9. The smallest absolute Gasteiger partial charge is 0.140 e. The van der Waals surface area contributed by atoms with Crippen molar-refractivity contribution < 1.29 is 30.6 Å². The Kier molecular flexibility index (Phi) is 6.69. The zero-order chi connectivity index (χ0) is 18.4. The van der Waals surface area contributed by atoms with E-state index in [1.54, 1.807) is 60.7 Å². The molecule has 6 nitrogen and oxygen atoms in total. The molecule has 134 valence electrons. The summed E-state index contributed by atoms with van der Waals surface area (Å²) in [5.41, 5.74) is 1.50. The molecule has 2 rings (SSSR count). The van der Waals surface area contributed by atoms with Crippen molar-refractivity contribution in [2.75, 3.05) is 6.61 Å². The van der Waals surface area contributed by atoms with E-state index < -0.39 is 36.8 Å². The van der Waals surface area contributed by atoms with Crippen LogP contribution >= 0.6 is 0 Å². The second-order valence-electron chi connectivity index (χ2n) is 5.67. The van der Waals surface area contributed by atoms with Crippen molar-refractivity contribution in [3.63, 3.8) is 0 Å². The Bertz CT molecular complexity index is 644. The third-order valence-corrected chi connectivity index (χ3v) is 3.92. The van der Waals surface area contributed by atoms with Gasteiger partial charge in [0.2, 0.25) is 0 Å². The van der Waals surface area contributed by atoms with Gasteiger partial charge in [-0.15, -0.1) is 0 Å². The number of rotatable bonds is 7. The van der Waals surface area contributed by atoms with Gasteiger partial charge in [0.25, 0.3) is 0 Å². The van der Waals surface area contributed by atoms with Crippen molar-refractivity contribution in [1.29, 1.82) is 0 Å². The van der Waals surface area contributed by atoms with E-state index in [1.807, 2.05) is 0 Å². The lowest BCUT2D eigenvalue weighted by Crippen LogP contribution is -2.46. The molecule has 0 bridgehead atoms. The van der Waals surface area contributed by atoms with Crippen LogP contribution in [0.4, 0.5) is 0 Å². The molecule has 0 aromatic heterocycles. The van der Waals surface area contributed by atoms with Crippen molar-refractivity contribution in [2.45, 2.75) is 24.4 Å². The largest absolute Gasteiger partial charge is 0.509 e. The van der Waals surface area contributed by atoms with Crippen LogP contribution in [-0.2, 0) is 0 Å². The van der Waals surface area contributed by atoms with Crippen LogP contribution in [0.1, 0.15) is 11.1 Å². The maximum Gasteiger partial charge on any atom is 0.140 e. The van der Waals surface area contributed by atoms with Gasteiger partial charge in [0, 0.05) is 5.57 Å². The highest BCUT2D eigenvalue weighted by molar-refractivity contribution is 5.81. The molecule has 0 spiro atoms. The Morgan fingerprint density at radius 1 is 0.720 bits per heavy atom. The predicted molar refractivity (Wildman–Crippen MR) is 92.6 cm³/mol. The van der Waals surface area contributed by atoms with Gasteiger partial charge in [-0.3, -0.25) is 0 Å². The summed E-state index contributed by atoms with van der Waals surface area (Å²) in [7, 11) is 0. The van der Waals surface area contributed by atoms with E-state index in [4.69, 9.17) is 5.11 Å². The molecule has 0 saturated carbocycles. The van der Waals surface area contributed by atoms with Gasteiger partial charge < -0.3 is 30.6 Å². The summed E-state index contributed by atoms with van der Waals surface area (Å²) in [5, 5.41) is 59.0. The number of hydrogen-bond acceptors (Lipinski definition) is 6. The third-order valence-electron chi connectivity index (χ3n) is 3.92. The van der Waals surface area contributed by atoms with E-state index in [9.17, 15) is 25.5 Å². The summed E-state index contributed by atoms with van der Waals surface area (Å²) in [6.07, 6.45) is -7.21. The average molecular weight is 346 g/mol. The monoisotopic (exact) mass is 346 g/mol. The molecule has 4 atom stereocenters. The minimum atomic E-state index is -1.88. The summed E-state index contributed by atoms with van der Waals surface area (Å²) >= 11 is 0. The average Bonchev–Trinajstić information content (AvgIpc) is 2.67. The first-order chi connectivity index (χ1) is 12.0. The minimum absolute atomic E-state index is 0.290. The Balaban J connectivity index is 2.47. The molecular weight excluding hydrogens is 324 g/mol. The van der Waals surface area contributed by atoms with Gasteiger partial charge in [-0.05, 0) is 11.1 Å². The van der Waals surface area contributed by atoms with E-state index in [2.05, 4.69) is 0 Å². The molecule has 0 radical (unpaired) electrons. The Morgan fingerprint density at radius 2 is 1.16 bits per heavy atom. The van der Waals surface area contributed by atoms with E-state index in [0.29, 0.717) is 16.7 Å². The fraction of sp³-hybridized carbons (Fsp3) is 0.263. The molecule has 0 aliphatic rings. The van der Waals surface area contributed by atoms with Gasteiger partial charge in [0.1, 0.15) is 30.2 Å².